The van der Waals surface area contributed by atoms with E-state index in [-0.39, 0.29) is 11.8 Å². The molecule has 88 valence electrons. The van der Waals surface area contributed by atoms with Crippen molar-refractivity contribution in [1.29, 1.82) is 0 Å². The zero-order valence-corrected chi connectivity index (χ0v) is 10.5. The third kappa shape index (κ3) is 7.43. The van der Waals surface area contributed by atoms with Gasteiger partial charge in [-0.2, -0.15) is 0 Å². The van der Waals surface area contributed by atoms with E-state index in [2.05, 4.69) is 19.2 Å². The monoisotopic (exact) mass is 231 g/mol. The summed E-state index contributed by atoms with van der Waals surface area (Å²) in [7, 11) is 0. The molecule has 0 aromatic heterocycles. The second kappa shape index (κ2) is 10.0. The summed E-state index contributed by atoms with van der Waals surface area (Å²) in [5.41, 5.74) is 0. The smallest absolute Gasteiger partial charge is 0.223 e. The Balaban J connectivity index is 3.85. The van der Waals surface area contributed by atoms with E-state index in [4.69, 9.17) is 11.6 Å². The SMILES string of the molecule is CCCC(CCC)C(=O)NC/C=C/CCl. The second-order valence-corrected chi connectivity index (χ2v) is 3.95. The largest absolute Gasteiger partial charge is 0.352 e. The Labute approximate surface area is 98.1 Å². The summed E-state index contributed by atoms with van der Waals surface area (Å²) in [6, 6.07) is 0. The minimum atomic E-state index is 0.179. The normalized spacial score (nSPS) is 11.2. The lowest BCUT2D eigenvalue weighted by Crippen LogP contribution is -2.30. The molecular formula is C12H22ClNO. The van der Waals surface area contributed by atoms with Gasteiger partial charge in [0.25, 0.3) is 0 Å². The van der Waals surface area contributed by atoms with Crippen molar-refractivity contribution < 1.29 is 4.79 Å². The highest BCUT2D eigenvalue weighted by atomic mass is 35.5. The van der Waals surface area contributed by atoms with Crippen molar-refractivity contribution >= 4 is 17.5 Å². The van der Waals surface area contributed by atoms with Crippen LogP contribution in [0.25, 0.3) is 0 Å². The lowest BCUT2D eigenvalue weighted by Gasteiger charge is -2.14. The Morgan fingerprint density at radius 1 is 1.27 bits per heavy atom. The van der Waals surface area contributed by atoms with E-state index in [0.29, 0.717) is 12.4 Å². The highest BCUT2D eigenvalue weighted by Gasteiger charge is 2.14. The van der Waals surface area contributed by atoms with E-state index in [1.54, 1.807) is 0 Å². The molecule has 0 aromatic rings. The van der Waals surface area contributed by atoms with E-state index in [0.717, 1.165) is 25.7 Å². The number of nitrogens with one attached hydrogen (secondary N) is 1. The van der Waals surface area contributed by atoms with Gasteiger partial charge in [-0.25, -0.2) is 0 Å². The molecule has 1 amide bonds. The number of rotatable bonds is 8. The van der Waals surface area contributed by atoms with Crippen molar-refractivity contribution in [2.75, 3.05) is 12.4 Å². The number of alkyl halides is 1. The maximum Gasteiger partial charge on any atom is 0.223 e. The molecule has 0 saturated carbocycles. The molecule has 0 aliphatic rings. The maximum absolute atomic E-state index is 11.7. The van der Waals surface area contributed by atoms with Crippen molar-refractivity contribution in [1.82, 2.24) is 5.32 Å². The van der Waals surface area contributed by atoms with Crippen LogP contribution in [0.1, 0.15) is 39.5 Å². The van der Waals surface area contributed by atoms with Gasteiger partial charge in [-0.15, -0.1) is 11.6 Å². The minimum absolute atomic E-state index is 0.179. The van der Waals surface area contributed by atoms with Gasteiger partial charge in [0.2, 0.25) is 5.91 Å². The molecule has 0 aromatic carbocycles. The molecule has 0 atom stereocenters. The topological polar surface area (TPSA) is 29.1 Å². The number of hydrogen-bond acceptors (Lipinski definition) is 1. The first kappa shape index (κ1) is 14.5. The van der Waals surface area contributed by atoms with Gasteiger partial charge in [0, 0.05) is 18.3 Å². The summed E-state index contributed by atoms with van der Waals surface area (Å²) < 4.78 is 0. The number of carbonyl (C=O) groups is 1. The number of carbonyl (C=O) groups excluding carboxylic acids is 1. The molecule has 0 aliphatic carbocycles. The highest BCUT2D eigenvalue weighted by molar-refractivity contribution is 6.18. The van der Waals surface area contributed by atoms with Gasteiger partial charge in [0.05, 0.1) is 0 Å². The van der Waals surface area contributed by atoms with E-state index in [1.165, 1.54) is 0 Å². The first-order valence-electron chi connectivity index (χ1n) is 5.74. The fraction of sp³-hybridized carbons (Fsp3) is 0.750. The fourth-order valence-electron chi connectivity index (χ4n) is 1.55. The summed E-state index contributed by atoms with van der Waals surface area (Å²) in [4.78, 5) is 11.7. The van der Waals surface area contributed by atoms with Crippen LogP contribution in [0.3, 0.4) is 0 Å². The van der Waals surface area contributed by atoms with Crippen LogP contribution in [0.2, 0.25) is 0 Å². The van der Waals surface area contributed by atoms with Crippen LogP contribution < -0.4 is 5.32 Å². The molecule has 15 heavy (non-hydrogen) atoms. The molecule has 0 heterocycles. The lowest BCUT2D eigenvalue weighted by molar-refractivity contribution is -0.125. The highest BCUT2D eigenvalue weighted by Crippen LogP contribution is 2.13. The van der Waals surface area contributed by atoms with Crippen LogP contribution in [0.4, 0.5) is 0 Å². The quantitative estimate of drug-likeness (QED) is 0.505. The summed E-state index contributed by atoms with van der Waals surface area (Å²) >= 11 is 5.48. The Morgan fingerprint density at radius 3 is 2.33 bits per heavy atom. The molecule has 1 N–H and O–H groups in total. The number of amides is 1. The predicted molar refractivity (Wildman–Crippen MR) is 66.2 cm³/mol. The van der Waals surface area contributed by atoms with Crippen LogP contribution in [-0.2, 0) is 4.79 Å². The Hall–Kier alpha value is -0.500. The van der Waals surface area contributed by atoms with Crippen molar-refractivity contribution in [2.45, 2.75) is 39.5 Å². The van der Waals surface area contributed by atoms with Crippen LogP contribution in [-0.4, -0.2) is 18.3 Å². The average molecular weight is 232 g/mol. The van der Waals surface area contributed by atoms with Gasteiger partial charge in [-0.1, -0.05) is 38.8 Å². The Kier molecular flexibility index (Phi) is 9.70. The van der Waals surface area contributed by atoms with Crippen LogP contribution in [0, 0.1) is 5.92 Å². The summed E-state index contributed by atoms with van der Waals surface area (Å²) in [5, 5.41) is 2.90. The number of halogens is 1. The van der Waals surface area contributed by atoms with Gasteiger partial charge < -0.3 is 5.32 Å². The molecule has 0 unspecified atom stereocenters. The minimum Gasteiger partial charge on any atom is -0.352 e. The van der Waals surface area contributed by atoms with Gasteiger partial charge in [-0.3, -0.25) is 4.79 Å². The average Bonchev–Trinajstić information content (AvgIpc) is 2.24. The molecule has 0 saturated heterocycles. The molecule has 0 aliphatic heterocycles. The van der Waals surface area contributed by atoms with E-state index >= 15 is 0 Å². The van der Waals surface area contributed by atoms with E-state index in [9.17, 15) is 4.79 Å². The third-order valence-electron chi connectivity index (χ3n) is 2.29. The van der Waals surface area contributed by atoms with Crippen molar-refractivity contribution in [3.8, 4) is 0 Å². The van der Waals surface area contributed by atoms with Crippen LogP contribution in [0.5, 0.6) is 0 Å². The molecule has 3 heteroatoms. The first-order chi connectivity index (χ1) is 7.26. The molecule has 0 bridgehead atoms. The van der Waals surface area contributed by atoms with E-state index < -0.39 is 0 Å². The standard InChI is InChI=1S/C12H22ClNO/c1-3-7-11(8-4-2)12(15)14-10-6-5-9-13/h5-6,11H,3-4,7-10H2,1-2H3,(H,14,15)/b6-5+. The molecule has 0 fully saturated rings. The molecule has 0 spiro atoms. The summed E-state index contributed by atoms with van der Waals surface area (Å²) in [5.74, 6) is 0.866. The van der Waals surface area contributed by atoms with Crippen LogP contribution >= 0.6 is 11.6 Å². The zero-order valence-electron chi connectivity index (χ0n) is 9.76. The third-order valence-corrected chi connectivity index (χ3v) is 2.47. The Bertz CT molecular complexity index is 186. The predicted octanol–water partition coefficient (Wildman–Crippen LogP) is 3.11. The maximum atomic E-state index is 11.7. The van der Waals surface area contributed by atoms with Gasteiger partial charge in [0.15, 0.2) is 0 Å². The number of allylic oxidation sites excluding steroid dienone is 1. The van der Waals surface area contributed by atoms with Crippen molar-refractivity contribution in [2.24, 2.45) is 5.92 Å². The van der Waals surface area contributed by atoms with Crippen LogP contribution in [0.15, 0.2) is 12.2 Å². The van der Waals surface area contributed by atoms with Gasteiger partial charge in [-0.05, 0) is 12.8 Å². The summed E-state index contributed by atoms with van der Waals surface area (Å²) in [6.07, 6.45) is 7.83. The van der Waals surface area contributed by atoms with E-state index in [1.807, 2.05) is 12.2 Å². The first-order valence-corrected chi connectivity index (χ1v) is 6.28. The molecule has 0 radical (unpaired) electrons. The van der Waals surface area contributed by atoms with Gasteiger partial charge >= 0.3 is 0 Å². The van der Waals surface area contributed by atoms with Crippen molar-refractivity contribution in [3.05, 3.63) is 12.2 Å². The fourth-order valence-corrected chi connectivity index (χ4v) is 1.68. The molecule has 2 nitrogen and oxygen atoms in total. The zero-order chi connectivity index (χ0) is 11.5. The molecular weight excluding hydrogens is 210 g/mol. The number of hydrogen-bond donors (Lipinski definition) is 1. The van der Waals surface area contributed by atoms with Gasteiger partial charge in [0.1, 0.15) is 0 Å². The summed E-state index contributed by atoms with van der Waals surface area (Å²) in [6.45, 7) is 4.82. The molecule has 0 rings (SSSR count). The lowest BCUT2D eigenvalue weighted by atomic mass is 9.97. The Morgan fingerprint density at radius 2 is 1.87 bits per heavy atom. The van der Waals surface area contributed by atoms with Crippen molar-refractivity contribution in [3.63, 3.8) is 0 Å². The second-order valence-electron chi connectivity index (χ2n) is 3.65.